The average molecular weight is 760 g/mol. The second-order valence-corrected chi connectivity index (χ2v) is 14.7. The Bertz CT molecular complexity index is 2000. The van der Waals surface area contributed by atoms with Crippen LogP contribution in [0.1, 0.15) is 53.9 Å². The van der Waals surface area contributed by atoms with Crippen LogP contribution in [0.15, 0.2) is 52.4 Å². The molecule has 5 heterocycles. The number of alkyl halides is 2. The fraction of sp³-hybridized carbons (Fsp3) is 0.475. The van der Waals surface area contributed by atoms with E-state index in [4.69, 9.17) is 9.47 Å². The van der Waals surface area contributed by atoms with E-state index in [0.717, 1.165) is 31.6 Å². The summed E-state index contributed by atoms with van der Waals surface area (Å²) in [6.45, 7) is 4.29. The van der Waals surface area contributed by atoms with Crippen molar-refractivity contribution in [1.82, 2.24) is 24.6 Å². The maximum Gasteiger partial charge on any atom is 0.272 e. The van der Waals surface area contributed by atoms with Gasteiger partial charge in [-0.3, -0.25) is 39.3 Å². The molecule has 1 unspecified atom stereocenters. The van der Waals surface area contributed by atoms with Crippen molar-refractivity contribution in [3.63, 3.8) is 0 Å². The molecule has 0 bridgehead atoms. The number of halogens is 2. The molecule has 0 saturated carbocycles. The van der Waals surface area contributed by atoms with E-state index in [9.17, 15) is 28.0 Å². The number of piperazine rings is 1. The lowest BCUT2D eigenvalue weighted by Crippen LogP contribution is -2.51. The number of anilines is 1. The molecule has 4 aliphatic rings. The lowest BCUT2D eigenvalue weighted by molar-refractivity contribution is -0.135. The highest BCUT2D eigenvalue weighted by atomic mass is 19.3. The summed E-state index contributed by atoms with van der Waals surface area (Å²) in [7, 11) is 3.22. The van der Waals surface area contributed by atoms with Crippen molar-refractivity contribution in [3.05, 3.63) is 75.2 Å². The molecule has 292 valence electrons. The Morgan fingerprint density at radius 1 is 0.964 bits per heavy atom. The van der Waals surface area contributed by atoms with E-state index < -0.39 is 19.1 Å². The highest BCUT2D eigenvalue weighted by Gasteiger charge is 2.29. The van der Waals surface area contributed by atoms with Crippen molar-refractivity contribution in [2.24, 2.45) is 12.0 Å². The minimum Gasteiger partial charge on any atom is -0.496 e. The molecular weight excluding hydrogens is 712 g/mol. The Kier molecular flexibility index (Phi) is 11.6. The second-order valence-electron chi connectivity index (χ2n) is 14.7. The number of fused-ring (bicyclic) bond motifs is 1. The monoisotopic (exact) mass is 759 g/mol. The van der Waals surface area contributed by atoms with Gasteiger partial charge in [-0.15, -0.1) is 0 Å². The molecule has 1 aromatic heterocycles. The van der Waals surface area contributed by atoms with Crippen molar-refractivity contribution in [3.8, 4) is 22.6 Å². The number of piperidine rings is 2. The molecule has 0 spiro atoms. The van der Waals surface area contributed by atoms with Crippen LogP contribution in [0.25, 0.3) is 11.1 Å². The Labute approximate surface area is 318 Å². The molecule has 3 saturated heterocycles. The smallest absolute Gasteiger partial charge is 0.272 e. The molecule has 0 aliphatic carbocycles. The number of carbonyl (C=O) groups is 3. The number of ether oxygens (including phenoxy) is 2. The van der Waals surface area contributed by atoms with Gasteiger partial charge in [-0.1, -0.05) is 12.1 Å². The number of hydrogen-bond acceptors (Lipinski definition) is 10. The molecule has 0 radical (unpaired) electrons. The van der Waals surface area contributed by atoms with Crippen molar-refractivity contribution >= 4 is 29.6 Å². The van der Waals surface area contributed by atoms with Gasteiger partial charge in [0.1, 0.15) is 24.1 Å². The van der Waals surface area contributed by atoms with E-state index in [1.165, 1.54) is 10.1 Å². The fourth-order valence-corrected chi connectivity index (χ4v) is 7.94. The number of nitrogens with zero attached hydrogens (tertiary/aromatic N) is 5. The molecule has 7 rings (SSSR count). The number of aromatic nitrogens is 1. The highest BCUT2D eigenvalue weighted by molar-refractivity contribution is 6.01. The first-order valence-corrected chi connectivity index (χ1v) is 18.8. The Morgan fingerprint density at radius 2 is 1.71 bits per heavy atom. The number of aliphatic imine (C=N–C) groups is 1. The second kappa shape index (κ2) is 16.7. The van der Waals surface area contributed by atoms with E-state index in [1.807, 2.05) is 23.1 Å². The topological polar surface area (TPSA) is 138 Å². The zero-order valence-corrected chi connectivity index (χ0v) is 31.2. The number of nitrogens with one attached hydrogen (secondary N) is 2. The quantitative estimate of drug-likeness (QED) is 0.267. The summed E-state index contributed by atoms with van der Waals surface area (Å²) < 4.78 is 39.7. The van der Waals surface area contributed by atoms with E-state index in [2.05, 4.69) is 37.6 Å². The number of carbonyl (C=O) groups excluding carboxylic acids is 3. The molecular formula is C40H47F2N7O6. The summed E-state index contributed by atoms with van der Waals surface area (Å²) in [4.78, 5) is 60.2. The SMILES string of the molecule is COc1cc(CN2CCN(C(=O)CN3CCC(c4ccc(NC5CCC(=O)NC5=O)cc4)CC3)CC2)c(OCC(F)F)cc1-c1cn(C)c(=O)c2c1C=NC2. The molecule has 2 aromatic carbocycles. The van der Waals surface area contributed by atoms with E-state index in [0.29, 0.717) is 97.3 Å². The summed E-state index contributed by atoms with van der Waals surface area (Å²) in [5.74, 6) is 0.801. The third kappa shape index (κ3) is 8.73. The van der Waals surface area contributed by atoms with Gasteiger partial charge in [0.25, 0.3) is 12.0 Å². The summed E-state index contributed by atoms with van der Waals surface area (Å²) in [5, 5.41) is 5.60. The predicted molar refractivity (Wildman–Crippen MR) is 203 cm³/mol. The third-order valence-corrected chi connectivity index (χ3v) is 11.1. The van der Waals surface area contributed by atoms with Crippen LogP contribution >= 0.6 is 0 Å². The number of imide groups is 1. The summed E-state index contributed by atoms with van der Waals surface area (Å²) >= 11 is 0. The molecule has 15 heteroatoms. The number of hydrogen-bond donors (Lipinski definition) is 2. The minimum absolute atomic E-state index is 0.0993. The van der Waals surface area contributed by atoms with E-state index in [1.54, 1.807) is 32.6 Å². The largest absolute Gasteiger partial charge is 0.496 e. The number of rotatable bonds is 12. The van der Waals surface area contributed by atoms with Gasteiger partial charge in [0, 0.05) is 92.1 Å². The number of pyridine rings is 1. The van der Waals surface area contributed by atoms with E-state index >= 15 is 0 Å². The number of aryl methyl sites for hydroxylation is 1. The van der Waals surface area contributed by atoms with Crippen molar-refractivity contribution in [2.75, 3.05) is 64.8 Å². The van der Waals surface area contributed by atoms with Crippen LogP contribution in [0.3, 0.4) is 0 Å². The van der Waals surface area contributed by atoms with Crippen LogP contribution in [0.5, 0.6) is 11.5 Å². The lowest BCUT2D eigenvalue weighted by atomic mass is 9.89. The number of benzene rings is 2. The molecule has 13 nitrogen and oxygen atoms in total. The maximum atomic E-state index is 13.4. The Morgan fingerprint density at radius 3 is 2.40 bits per heavy atom. The maximum absolute atomic E-state index is 13.4. The molecule has 3 aromatic rings. The van der Waals surface area contributed by atoms with Gasteiger partial charge in [-0.25, -0.2) is 8.78 Å². The summed E-state index contributed by atoms with van der Waals surface area (Å²) in [5.41, 5.74) is 5.22. The van der Waals surface area contributed by atoms with Gasteiger partial charge in [-0.2, -0.15) is 0 Å². The van der Waals surface area contributed by atoms with Crippen LogP contribution in [0.4, 0.5) is 14.5 Å². The Hall–Kier alpha value is -5.15. The number of amides is 3. The van der Waals surface area contributed by atoms with Gasteiger partial charge in [0.05, 0.1) is 20.2 Å². The standard InChI is InChI=1S/C40H47F2N7O6/c1-46-22-32(30-19-43-20-31(30)40(46)53)29-18-34(55-24-36(41)42)27(17-35(29)54-2)21-48-13-15-49(16-14-48)38(51)23-47-11-9-26(10-12-47)25-3-5-28(6-4-25)44-33-7-8-37(50)45-39(33)52/h3-6,17-19,22,26,33,36,44H,7-16,20-21,23-24H2,1-2H3,(H,45,50,52). The molecule has 2 N–H and O–H groups in total. The summed E-state index contributed by atoms with van der Waals surface area (Å²) in [6.07, 6.45) is 3.40. The molecule has 4 aliphatic heterocycles. The Balaban J connectivity index is 0.922. The molecule has 3 fully saturated rings. The van der Waals surface area contributed by atoms with Crippen LogP contribution in [0, 0.1) is 0 Å². The number of likely N-dealkylation sites (tertiary alicyclic amines) is 1. The van der Waals surface area contributed by atoms with Gasteiger partial charge < -0.3 is 24.3 Å². The summed E-state index contributed by atoms with van der Waals surface area (Å²) in [6, 6.07) is 11.2. The van der Waals surface area contributed by atoms with Crippen LogP contribution < -0.4 is 25.7 Å². The fourth-order valence-electron chi connectivity index (χ4n) is 7.94. The molecule has 1 atom stereocenters. The lowest BCUT2D eigenvalue weighted by Gasteiger charge is -2.37. The van der Waals surface area contributed by atoms with Crippen molar-refractivity contribution in [2.45, 2.75) is 57.2 Å². The predicted octanol–water partition coefficient (Wildman–Crippen LogP) is 3.38. The zero-order chi connectivity index (χ0) is 38.6. The normalized spacial score (nSPS) is 19.4. The van der Waals surface area contributed by atoms with Gasteiger partial charge >= 0.3 is 0 Å². The van der Waals surface area contributed by atoms with E-state index in [-0.39, 0.29) is 29.8 Å². The third-order valence-electron chi connectivity index (χ3n) is 11.1. The molecule has 3 amide bonds. The van der Waals surface area contributed by atoms with Crippen LogP contribution in [0.2, 0.25) is 0 Å². The van der Waals surface area contributed by atoms with Gasteiger partial charge in [0.2, 0.25) is 17.7 Å². The van der Waals surface area contributed by atoms with Crippen molar-refractivity contribution < 1.29 is 32.6 Å². The van der Waals surface area contributed by atoms with Gasteiger partial charge in [0.15, 0.2) is 0 Å². The van der Waals surface area contributed by atoms with Gasteiger partial charge in [-0.05, 0) is 68.1 Å². The first-order valence-electron chi connectivity index (χ1n) is 18.8. The average Bonchev–Trinajstić information content (AvgIpc) is 3.68. The zero-order valence-electron chi connectivity index (χ0n) is 31.2. The van der Waals surface area contributed by atoms with Crippen molar-refractivity contribution in [1.29, 1.82) is 0 Å². The highest BCUT2D eigenvalue weighted by Crippen LogP contribution is 2.39. The minimum atomic E-state index is -2.66. The van der Waals surface area contributed by atoms with Crippen LogP contribution in [-0.2, 0) is 34.5 Å². The molecule has 55 heavy (non-hydrogen) atoms. The number of methoxy groups -OCH3 is 1. The first-order chi connectivity index (χ1) is 26.6. The van der Waals surface area contributed by atoms with Crippen LogP contribution in [-0.4, -0.2) is 115 Å². The first kappa shape index (κ1) is 38.1.